The number of carbonyl (C=O) groups is 1. The monoisotopic (exact) mass is 349 g/mol. The van der Waals surface area contributed by atoms with Crippen molar-refractivity contribution < 1.29 is 13.9 Å². The number of urea groups is 1. The van der Waals surface area contributed by atoms with Gasteiger partial charge in [0.1, 0.15) is 22.8 Å². The fourth-order valence-corrected chi connectivity index (χ4v) is 2.65. The lowest BCUT2D eigenvalue weighted by molar-refractivity contribution is 0.186. The molecule has 7 heteroatoms. The van der Waals surface area contributed by atoms with Gasteiger partial charge in [0.2, 0.25) is 0 Å². The molecule has 1 aliphatic heterocycles. The summed E-state index contributed by atoms with van der Waals surface area (Å²) >= 11 is 5.73. The summed E-state index contributed by atoms with van der Waals surface area (Å²) in [6, 6.07) is 9.36. The molecule has 2 aromatic rings. The Bertz CT molecular complexity index is 711. The number of benzene rings is 1. The smallest absolute Gasteiger partial charge is 0.317 e. The van der Waals surface area contributed by atoms with Gasteiger partial charge in [-0.1, -0.05) is 23.7 Å². The summed E-state index contributed by atoms with van der Waals surface area (Å²) in [5, 5.41) is 3.26. The van der Waals surface area contributed by atoms with Crippen LogP contribution < -0.4 is 10.1 Å². The molecule has 5 nitrogen and oxygen atoms in total. The van der Waals surface area contributed by atoms with Crippen LogP contribution in [0.1, 0.15) is 12.0 Å². The second kappa shape index (κ2) is 7.49. The number of hydrogen-bond donors (Lipinski definition) is 1. The van der Waals surface area contributed by atoms with E-state index in [9.17, 15) is 9.18 Å². The van der Waals surface area contributed by atoms with Gasteiger partial charge in [-0.05, 0) is 23.8 Å². The van der Waals surface area contributed by atoms with Gasteiger partial charge in [-0.2, -0.15) is 0 Å². The number of amides is 2. The van der Waals surface area contributed by atoms with Gasteiger partial charge in [0.15, 0.2) is 0 Å². The molecule has 0 bridgehead atoms. The average Bonchev–Trinajstić information content (AvgIpc) is 3.03. The van der Waals surface area contributed by atoms with Crippen molar-refractivity contribution in [1.82, 2.24) is 15.2 Å². The number of pyridine rings is 1. The standard InChI is InChI=1S/C17H17ClFN3O2/c18-16-5-4-12(9-20-16)10-21-17(23)22-7-6-15(11-22)24-14-3-1-2-13(19)8-14/h1-5,8-9,15H,6-7,10-11H2,(H,21,23). The van der Waals surface area contributed by atoms with Gasteiger partial charge in [-0.3, -0.25) is 0 Å². The number of hydrogen-bond acceptors (Lipinski definition) is 3. The van der Waals surface area contributed by atoms with Crippen LogP contribution in [-0.4, -0.2) is 35.1 Å². The summed E-state index contributed by atoms with van der Waals surface area (Å²) < 4.78 is 18.9. The first-order valence-corrected chi connectivity index (χ1v) is 8.03. The van der Waals surface area contributed by atoms with Crippen molar-refractivity contribution in [2.75, 3.05) is 13.1 Å². The van der Waals surface area contributed by atoms with Crippen molar-refractivity contribution in [1.29, 1.82) is 0 Å². The van der Waals surface area contributed by atoms with Gasteiger partial charge in [-0.25, -0.2) is 14.2 Å². The molecule has 1 unspecified atom stereocenters. The molecule has 126 valence electrons. The molecule has 0 radical (unpaired) electrons. The predicted octanol–water partition coefficient (Wildman–Crippen LogP) is 3.24. The van der Waals surface area contributed by atoms with Crippen LogP contribution in [0, 0.1) is 5.82 Å². The highest BCUT2D eigenvalue weighted by atomic mass is 35.5. The molecular formula is C17H17ClFN3O2. The normalized spacial score (nSPS) is 16.9. The van der Waals surface area contributed by atoms with Crippen LogP contribution in [0.2, 0.25) is 5.15 Å². The predicted molar refractivity (Wildman–Crippen MR) is 88.5 cm³/mol. The van der Waals surface area contributed by atoms with Crippen LogP contribution in [0.15, 0.2) is 42.6 Å². The number of aromatic nitrogens is 1. The summed E-state index contributed by atoms with van der Waals surface area (Å²) in [6.07, 6.45) is 2.21. The molecule has 3 rings (SSSR count). The van der Waals surface area contributed by atoms with E-state index in [1.807, 2.05) is 6.07 Å². The molecule has 1 N–H and O–H groups in total. The number of nitrogens with zero attached hydrogens (tertiary/aromatic N) is 2. The van der Waals surface area contributed by atoms with E-state index in [1.165, 1.54) is 12.1 Å². The third-order valence-corrected chi connectivity index (χ3v) is 3.99. The molecule has 2 amide bonds. The third kappa shape index (κ3) is 4.35. The second-order valence-electron chi connectivity index (χ2n) is 5.58. The third-order valence-electron chi connectivity index (χ3n) is 3.76. The van der Waals surface area contributed by atoms with Gasteiger partial charge in [0.25, 0.3) is 0 Å². The molecule has 1 atom stereocenters. The molecule has 0 spiro atoms. The van der Waals surface area contributed by atoms with Crippen molar-refractivity contribution >= 4 is 17.6 Å². The van der Waals surface area contributed by atoms with E-state index in [2.05, 4.69) is 10.3 Å². The largest absolute Gasteiger partial charge is 0.488 e. The minimum atomic E-state index is -0.336. The molecule has 1 aromatic heterocycles. The molecule has 1 aliphatic rings. The summed E-state index contributed by atoms with van der Waals surface area (Å²) in [7, 11) is 0. The van der Waals surface area contributed by atoms with Crippen LogP contribution in [0.3, 0.4) is 0 Å². The van der Waals surface area contributed by atoms with E-state index in [0.717, 1.165) is 5.56 Å². The molecule has 1 aromatic carbocycles. The van der Waals surface area contributed by atoms with E-state index in [4.69, 9.17) is 16.3 Å². The van der Waals surface area contributed by atoms with Crippen LogP contribution in [-0.2, 0) is 6.54 Å². The van der Waals surface area contributed by atoms with Crippen molar-refractivity contribution in [2.24, 2.45) is 0 Å². The molecule has 1 saturated heterocycles. The lowest BCUT2D eigenvalue weighted by Gasteiger charge is -2.18. The Kier molecular flexibility index (Phi) is 5.15. The number of nitrogens with one attached hydrogen (secondary N) is 1. The summed E-state index contributed by atoms with van der Waals surface area (Å²) in [6.45, 7) is 1.46. The maximum Gasteiger partial charge on any atom is 0.317 e. The number of likely N-dealkylation sites (tertiary alicyclic amines) is 1. The summed E-state index contributed by atoms with van der Waals surface area (Å²) in [5.74, 6) is 0.145. The number of halogens is 2. The molecule has 0 aliphatic carbocycles. The SMILES string of the molecule is O=C(NCc1ccc(Cl)nc1)N1CCC(Oc2cccc(F)c2)C1. The maximum atomic E-state index is 13.2. The van der Waals surface area contributed by atoms with Crippen LogP contribution in [0.5, 0.6) is 5.75 Å². The lowest BCUT2D eigenvalue weighted by Crippen LogP contribution is -2.39. The average molecular weight is 350 g/mol. The Morgan fingerprint density at radius 3 is 3.04 bits per heavy atom. The Balaban J connectivity index is 1.48. The number of ether oxygens (including phenoxy) is 1. The van der Waals surface area contributed by atoms with Crippen molar-refractivity contribution in [2.45, 2.75) is 19.1 Å². The lowest BCUT2D eigenvalue weighted by atomic mass is 10.3. The quantitative estimate of drug-likeness (QED) is 0.862. The number of rotatable bonds is 4. The van der Waals surface area contributed by atoms with E-state index in [1.54, 1.807) is 29.3 Å². The van der Waals surface area contributed by atoms with Gasteiger partial charge in [-0.15, -0.1) is 0 Å². The fourth-order valence-electron chi connectivity index (χ4n) is 2.54. The van der Waals surface area contributed by atoms with E-state index >= 15 is 0 Å². The van der Waals surface area contributed by atoms with Crippen molar-refractivity contribution in [3.8, 4) is 5.75 Å². The van der Waals surface area contributed by atoms with Gasteiger partial charge < -0.3 is 15.0 Å². The minimum Gasteiger partial charge on any atom is -0.488 e. The Labute approximate surface area is 144 Å². The van der Waals surface area contributed by atoms with Crippen LogP contribution in [0.25, 0.3) is 0 Å². The highest BCUT2D eigenvalue weighted by Gasteiger charge is 2.27. The van der Waals surface area contributed by atoms with Gasteiger partial charge in [0.05, 0.1) is 6.54 Å². The van der Waals surface area contributed by atoms with E-state index in [-0.39, 0.29) is 18.0 Å². The fraction of sp³-hybridized carbons (Fsp3) is 0.294. The first kappa shape index (κ1) is 16.5. The zero-order chi connectivity index (χ0) is 16.9. The van der Waals surface area contributed by atoms with E-state index in [0.29, 0.717) is 37.0 Å². The van der Waals surface area contributed by atoms with Gasteiger partial charge >= 0.3 is 6.03 Å². The Hall–Kier alpha value is -2.34. The van der Waals surface area contributed by atoms with Crippen molar-refractivity contribution in [3.05, 3.63) is 59.1 Å². The van der Waals surface area contributed by atoms with Crippen molar-refractivity contribution in [3.63, 3.8) is 0 Å². The second-order valence-corrected chi connectivity index (χ2v) is 5.97. The van der Waals surface area contributed by atoms with E-state index < -0.39 is 0 Å². The molecule has 2 heterocycles. The Morgan fingerprint density at radius 1 is 1.42 bits per heavy atom. The molecular weight excluding hydrogens is 333 g/mol. The summed E-state index contributed by atoms with van der Waals surface area (Å²) in [4.78, 5) is 17.8. The highest BCUT2D eigenvalue weighted by molar-refractivity contribution is 6.29. The first-order chi connectivity index (χ1) is 11.6. The minimum absolute atomic E-state index is 0.130. The maximum absolute atomic E-state index is 13.2. The first-order valence-electron chi connectivity index (χ1n) is 7.65. The summed E-state index contributed by atoms with van der Waals surface area (Å²) in [5.41, 5.74) is 0.875. The Morgan fingerprint density at radius 2 is 2.29 bits per heavy atom. The molecule has 0 saturated carbocycles. The molecule has 1 fully saturated rings. The zero-order valence-corrected chi connectivity index (χ0v) is 13.7. The van der Waals surface area contributed by atoms with Gasteiger partial charge in [0, 0.05) is 31.8 Å². The molecule has 24 heavy (non-hydrogen) atoms. The number of carbonyl (C=O) groups excluding carboxylic acids is 1. The topological polar surface area (TPSA) is 54.5 Å². The highest BCUT2D eigenvalue weighted by Crippen LogP contribution is 2.19. The van der Waals surface area contributed by atoms with Crippen LogP contribution >= 0.6 is 11.6 Å². The zero-order valence-electron chi connectivity index (χ0n) is 12.9. The van der Waals surface area contributed by atoms with Crippen LogP contribution in [0.4, 0.5) is 9.18 Å².